The predicted molar refractivity (Wildman–Crippen MR) is 74.0 cm³/mol. The van der Waals surface area contributed by atoms with Crippen molar-refractivity contribution in [1.29, 1.82) is 0 Å². The number of hydrogen-bond donors (Lipinski definition) is 0. The molecular weight excluding hydrogens is 348 g/mol. The number of imidazole rings is 1. The molecule has 11 heteroatoms. The third-order valence-electron chi connectivity index (χ3n) is 3.50. The minimum atomic E-state index is -5.26. The molecule has 7 nitrogen and oxygen atoms in total. The Labute approximate surface area is 136 Å². The summed E-state index contributed by atoms with van der Waals surface area (Å²) in [6, 6.07) is 1.38. The van der Waals surface area contributed by atoms with Crippen molar-refractivity contribution in [3.05, 3.63) is 58.5 Å². The number of hydrogen-bond acceptors (Lipinski definition) is 4. The quantitative estimate of drug-likeness (QED) is 0.302. The number of fused-ring (bicyclic) bond motifs is 1. The third kappa shape index (κ3) is 2.53. The molecule has 2 heterocycles. The summed E-state index contributed by atoms with van der Waals surface area (Å²) in [6.07, 6.45) is -1.49. The van der Waals surface area contributed by atoms with E-state index in [0.717, 1.165) is 10.6 Å². The number of nitrogens with zero attached hydrogens (tertiary/aromatic N) is 4. The summed E-state index contributed by atoms with van der Waals surface area (Å²) in [7, 11) is 0. The Morgan fingerprint density at radius 2 is 1.84 bits per heavy atom. The van der Waals surface area contributed by atoms with Crippen LogP contribution in [0.3, 0.4) is 0 Å². The molecule has 0 N–H and O–H groups in total. The highest BCUT2D eigenvalue weighted by Gasteiger charge is 2.50. The van der Waals surface area contributed by atoms with E-state index in [4.69, 9.17) is 0 Å². The fourth-order valence-electron chi connectivity index (χ4n) is 2.46. The standard InChI is InChI=1S/C14H8F4N4O3/c1-7(23)12-13(14(16,17)18)22(25)11-5-9(20-3-2-19-6-20)8(15)4-10(11)21(12)24/h2-6H,1H3. The summed E-state index contributed by atoms with van der Waals surface area (Å²) in [6.45, 7) is 0.709. The van der Waals surface area contributed by atoms with Crippen LogP contribution < -0.4 is 9.46 Å². The molecule has 0 saturated carbocycles. The number of benzene rings is 1. The van der Waals surface area contributed by atoms with Crippen LogP contribution in [0, 0.1) is 16.2 Å². The molecule has 0 aliphatic heterocycles. The first-order chi connectivity index (χ1) is 11.6. The summed E-state index contributed by atoms with van der Waals surface area (Å²) in [5.74, 6) is -2.25. The van der Waals surface area contributed by atoms with Gasteiger partial charge in [0.05, 0.1) is 18.1 Å². The largest absolute Gasteiger partial charge is 0.618 e. The van der Waals surface area contributed by atoms with Crippen LogP contribution in [0.4, 0.5) is 17.6 Å². The molecule has 0 spiro atoms. The number of rotatable bonds is 2. The first-order valence-electron chi connectivity index (χ1n) is 6.71. The molecule has 0 radical (unpaired) electrons. The zero-order chi connectivity index (χ0) is 18.5. The highest BCUT2D eigenvalue weighted by atomic mass is 19.4. The van der Waals surface area contributed by atoms with Crippen LogP contribution in [0.25, 0.3) is 16.7 Å². The van der Waals surface area contributed by atoms with Crippen LogP contribution in [0.1, 0.15) is 23.1 Å². The molecule has 0 atom stereocenters. The number of halogens is 4. The molecule has 3 aromatic rings. The van der Waals surface area contributed by atoms with Gasteiger partial charge in [0.1, 0.15) is 0 Å². The fourth-order valence-corrected chi connectivity index (χ4v) is 2.46. The van der Waals surface area contributed by atoms with Crippen molar-refractivity contribution in [2.24, 2.45) is 0 Å². The summed E-state index contributed by atoms with van der Waals surface area (Å²) in [5.41, 5.74) is -5.07. The minimum Gasteiger partial charge on any atom is -0.618 e. The molecular formula is C14H8F4N4O3. The lowest BCUT2D eigenvalue weighted by Gasteiger charge is -2.14. The van der Waals surface area contributed by atoms with Gasteiger partial charge in [-0.1, -0.05) is 0 Å². The van der Waals surface area contributed by atoms with E-state index in [-0.39, 0.29) is 10.4 Å². The van der Waals surface area contributed by atoms with E-state index >= 15 is 0 Å². The topological polar surface area (TPSA) is 88.8 Å². The Balaban J connectivity index is 2.48. The van der Waals surface area contributed by atoms with Gasteiger partial charge >= 0.3 is 17.6 Å². The van der Waals surface area contributed by atoms with Gasteiger partial charge in [-0.3, -0.25) is 4.79 Å². The van der Waals surface area contributed by atoms with Gasteiger partial charge in [-0.2, -0.15) is 17.9 Å². The molecule has 0 aliphatic carbocycles. The van der Waals surface area contributed by atoms with E-state index in [0.29, 0.717) is 13.0 Å². The molecule has 0 amide bonds. The Hall–Kier alpha value is -3.24. The summed E-state index contributed by atoms with van der Waals surface area (Å²) >= 11 is 0. The van der Waals surface area contributed by atoms with Crippen molar-refractivity contribution in [2.75, 3.05) is 0 Å². The molecule has 0 unspecified atom stereocenters. The maximum absolute atomic E-state index is 14.2. The SMILES string of the molecule is CC(=O)c1c(C(F)(F)F)[n+]([O-])c2cc(-n3ccnc3)c(F)cc2[n+]1[O-]. The third-order valence-corrected chi connectivity index (χ3v) is 3.50. The average molecular weight is 356 g/mol. The number of carbonyl (C=O) groups excluding carboxylic acids is 1. The smallest absolute Gasteiger partial charge is 0.486 e. The van der Waals surface area contributed by atoms with Crippen molar-refractivity contribution < 1.29 is 31.8 Å². The number of alkyl halides is 3. The number of ketones is 1. The molecule has 25 heavy (non-hydrogen) atoms. The first kappa shape index (κ1) is 16.6. The summed E-state index contributed by atoms with van der Waals surface area (Å²) in [5, 5.41) is 24.4. The molecule has 0 saturated heterocycles. The van der Waals surface area contributed by atoms with Crippen LogP contribution in [0.2, 0.25) is 0 Å². The van der Waals surface area contributed by atoms with Gasteiger partial charge in [0.15, 0.2) is 5.82 Å². The number of aromatic nitrogens is 4. The Kier molecular flexibility index (Phi) is 3.59. The summed E-state index contributed by atoms with van der Waals surface area (Å²) in [4.78, 5) is 15.2. The maximum atomic E-state index is 14.2. The van der Waals surface area contributed by atoms with E-state index in [1.165, 1.54) is 18.7 Å². The molecule has 3 rings (SSSR count). The second kappa shape index (κ2) is 5.40. The lowest BCUT2D eigenvalue weighted by Crippen LogP contribution is -2.49. The van der Waals surface area contributed by atoms with E-state index in [9.17, 15) is 32.8 Å². The van der Waals surface area contributed by atoms with Crippen molar-refractivity contribution in [1.82, 2.24) is 9.55 Å². The maximum Gasteiger partial charge on any atom is 0.486 e. The van der Waals surface area contributed by atoms with Crippen LogP contribution in [-0.2, 0) is 6.18 Å². The predicted octanol–water partition coefficient (Wildman–Crippen LogP) is 1.65. The second-order valence-corrected chi connectivity index (χ2v) is 5.10. The highest BCUT2D eigenvalue weighted by Crippen LogP contribution is 2.30. The second-order valence-electron chi connectivity index (χ2n) is 5.10. The van der Waals surface area contributed by atoms with E-state index in [2.05, 4.69) is 4.98 Å². The van der Waals surface area contributed by atoms with Crippen LogP contribution in [0.5, 0.6) is 0 Å². The number of Topliss-reactive ketones (excluding diaryl/α,β-unsaturated/α-hetero) is 1. The van der Waals surface area contributed by atoms with E-state index in [1.807, 2.05) is 0 Å². The fraction of sp³-hybridized carbons (Fsp3) is 0.143. The van der Waals surface area contributed by atoms with E-state index < -0.39 is 44.9 Å². The summed E-state index contributed by atoms with van der Waals surface area (Å²) < 4.78 is 54.0. The van der Waals surface area contributed by atoms with Gasteiger partial charge in [0.25, 0.3) is 11.0 Å². The lowest BCUT2D eigenvalue weighted by molar-refractivity contribution is -0.647. The number of carbonyl (C=O) groups is 1. The van der Waals surface area contributed by atoms with Gasteiger partial charge in [0, 0.05) is 25.4 Å². The van der Waals surface area contributed by atoms with Crippen molar-refractivity contribution in [3.8, 4) is 5.69 Å². The van der Waals surface area contributed by atoms with Crippen molar-refractivity contribution >= 4 is 16.8 Å². The molecule has 130 valence electrons. The molecule has 0 aliphatic rings. The van der Waals surface area contributed by atoms with E-state index in [1.54, 1.807) is 0 Å². The van der Waals surface area contributed by atoms with Crippen LogP contribution in [-0.4, -0.2) is 15.3 Å². The monoisotopic (exact) mass is 356 g/mol. The Morgan fingerprint density at radius 3 is 2.36 bits per heavy atom. The molecule has 2 aromatic heterocycles. The Bertz CT molecular complexity index is 1000. The van der Waals surface area contributed by atoms with Gasteiger partial charge in [0.2, 0.25) is 5.78 Å². The van der Waals surface area contributed by atoms with Gasteiger partial charge in [-0.15, -0.1) is 4.73 Å². The van der Waals surface area contributed by atoms with Crippen molar-refractivity contribution in [3.63, 3.8) is 0 Å². The van der Waals surface area contributed by atoms with Gasteiger partial charge in [-0.25, -0.2) is 9.37 Å². The molecule has 0 fully saturated rings. The zero-order valence-corrected chi connectivity index (χ0v) is 12.4. The van der Waals surface area contributed by atoms with Gasteiger partial charge in [-0.05, 0) is 0 Å². The zero-order valence-electron chi connectivity index (χ0n) is 12.4. The highest BCUT2D eigenvalue weighted by molar-refractivity contribution is 5.92. The molecule has 0 bridgehead atoms. The normalized spacial score (nSPS) is 11.9. The van der Waals surface area contributed by atoms with Crippen LogP contribution in [0.15, 0.2) is 30.9 Å². The average Bonchev–Trinajstić information content (AvgIpc) is 3.02. The van der Waals surface area contributed by atoms with Gasteiger partial charge < -0.3 is 15.0 Å². The molecule has 1 aromatic carbocycles. The van der Waals surface area contributed by atoms with Crippen LogP contribution >= 0.6 is 0 Å². The van der Waals surface area contributed by atoms with Crippen molar-refractivity contribution in [2.45, 2.75) is 13.1 Å². The minimum absolute atomic E-state index is 0.279. The lowest BCUT2D eigenvalue weighted by atomic mass is 10.1. The first-order valence-corrected chi connectivity index (χ1v) is 6.71. The Morgan fingerprint density at radius 1 is 1.20 bits per heavy atom.